The second kappa shape index (κ2) is 6.83. The molecule has 1 aromatic heterocycles. The van der Waals surface area contributed by atoms with Gasteiger partial charge in [-0.25, -0.2) is 15.4 Å². The quantitative estimate of drug-likeness (QED) is 0.575. The Morgan fingerprint density at radius 3 is 2.57 bits per heavy atom. The van der Waals surface area contributed by atoms with E-state index in [1.54, 1.807) is 11.3 Å². The summed E-state index contributed by atoms with van der Waals surface area (Å²) in [6, 6.07) is 25.5. The van der Waals surface area contributed by atoms with Gasteiger partial charge in [-0.2, -0.15) is 0 Å². The highest BCUT2D eigenvalue weighted by molar-refractivity contribution is 6.01. The standard InChI is InChI=1S/C22H19N5O/c28-22-17-10-4-5-11-18(17)25-21(16-8-2-1-3-9-16)27(22)24-15-26-14-23-19-12-6-7-13-20(19)26/h1-14,21,24-25H,15H2. The van der Waals surface area contributed by atoms with Crippen LogP contribution in [0.4, 0.5) is 5.69 Å². The number of nitrogens with one attached hydrogen (secondary N) is 2. The molecule has 0 saturated carbocycles. The summed E-state index contributed by atoms with van der Waals surface area (Å²) in [7, 11) is 0. The summed E-state index contributed by atoms with van der Waals surface area (Å²) in [5, 5.41) is 5.14. The van der Waals surface area contributed by atoms with Gasteiger partial charge in [0.2, 0.25) is 0 Å². The SMILES string of the molecule is O=C1c2ccccc2NC(c2ccccc2)N1NCn1cnc2ccccc21. The molecular formula is C22H19N5O. The van der Waals surface area contributed by atoms with Crippen molar-refractivity contribution in [1.82, 2.24) is 20.0 Å². The highest BCUT2D eigenvalue weighted by Crippen LogP contribution is 2.31. The molecule has 138 valence electrons. The Morgan fingerprint density at radius 1 is 0.929 bits per heavy atom. The zero-order chi connectivity index (χ0) is 18.9. The molecular weight excluding hydrogens is 350 g/mol. The van der Waals surface area contributed by atoms with Crippen LogP contribution >= 0.6 is 0 Å². The van der Waals surface area contributed by atoms with Crippen molar-refractivity contribution in [2.75, 3.05) is 5.32 Å². The van der Waals surface area contributed by atoms with Crippen LogP contribution in [-0.2, 0) is 6.67 Å². The molecule has 5 rings (SSSR count). The molecule has 0 spiro atoms. The molecule has 1 unspecified atom stereocenters. The first-order valence-electron chi connectivity index (χ1n) is 9.19. The molecule has 6 nitrogen and oxygen atoms in total. The third-order valence-corrected chi connectivity index (χ3v) is 4.98. The van der Waals surface area contributed by atoms with Crippen molar-refractivity contribution in [3.05, 3.63) is 96.3 Å². The Kier molecular flexibility index (Phi) is 4.03. The molecule has 28 heavy (non-hydrogen) atoms. The third kappa shape index (κ3) is 2.80. The minimum atomic E-state index is -0.307. The number of hydrazine groups is 1. The molecule has 2 heterocycles. The molecule has 0 radical (unpaired) electrons. The number of fused-ring (bicyclic) bond motifs is 2. The maximum atomic E-state index is 13.2. The fourth-order valence-electron chi connectivity index (χ4n) is 3.57. The Bertz CT molecular complexity index is 1140. The van der Waals surface area contributed by atoms with Crippen LogP contribution in [0.25, 0.3) is 11.0 Å². The average Bonchev–Trinajstić information content (AvgIpc) is 3.17. The minimum Gasteiger partial charge on any atom is -0.360 e. The Hall–Kier alpha value is -3.64. The van der Waals surface area contributed by atoms with Gasteiger partial charge < -0.3 is 9.88 Å². The summed E-state index contributed by atoms with van der Waals surface area (Å²) in [6.45, 7) is 0.430. The number of carbonyl (C=O) groups is 1. The largest absolute Gasteiger partial charge is 0.360 e. The van der Waals surface area contributed by atoms with Gasteiger partial charge in [-0.15, -0.1) is 0 Å². The lowest BCUT2D eigenvalue weighted by atomic mass is 10.1. The number of para-hydroxylation sites is 3. The number of imidazole rings is 1. The number of carbonyl (C=O) groups excluding carboxylic acids is 1. The van der Waals surface area contributed by atoms with Crippen molar-refractivity contribution in [1.29, 1.82) is 0 Å². The van der Waals surface area contributed by atoms with E-state index in [4.69, 9.17) is 0 Å². The van der Waals surface area contributed by atoms with E-state index in [1.807, 2.05) is 83.4 Å². The van der Waals surface area contributed by atoms with Crippen molar-refractivity contribution >= 4 is 22.6 Å². The van der Waals surface area contributed by atoms with Gasteiger partial charge in [-0.3, -0.25) is 4.79 Å². The molecule has 6 heteroatoms. The van der Waals surface area contributed by atoms with E-state index in [0.717, 1.165) is 22.3 Å². The van der Waals surface area contributed by atoms with E-state index < -0.39 is 0 Å². The number of benzene rings is 3. The van der Waals surface area contributed by atoms with Gasteiger partial charge in [0.1, 0.15) is 6.17 Å². The van der Waals surface area contributed by atoms with Crippen molar-refractivity contribution in [3.63, 3.8) is 0 Å². The number of hydrogen-bond acceptors (Lipinski definition) is 4. The van der Waals surface area contributed by atoms with E-state index in [-0.39, 0.29) is 12.1 Å². The summed E-state index contributed by atoms with van der Waals surface area (Å²) in [4.78, 5) is 17.6. The first-order valence-corrected chi connectivity index (χ1v) is 9.19. The normalized spacial score (nSPS) is 16.1. The van der Waals surface area contributed by atoms with Crippen LogP contribution in [0, 0.1) is 0 Å². The lowest BCUT2D eigenvalue weighted by Crippen LogP contribution is -2.51. The van der Waals surface area contributed by atoms with E-state index in [0.29, 0.717) is 12.2 Å². The lowest BCUT2D eigenvalue weighted by Gasteiger charge is -2.38. The van der Waals surface area contributed by atoms with Crippen molar-refractivity contribution < 1.29 is 4.79 Å². The van der Waals surface area contributed by atoms with Crippen LogP contribution < -0.4 is 10.7 Å². The van der Waals surface area contributed by atoms with Crippen LogP contribution in [0.5, 0.6) is 0 Å². The molecule has 4 aromatic rings. The maximum Gasteiger partial charge on any atom is 0.272 e. The van der Waals surface area contributed by atoms with Gasteiger partial charge in [0.15, 0.2) is 0 Å². The highest BCUT2D eigenvalue weighted by Gasteiger charge is 2.32. The topological polar surface area (TPSA) is 62.2 Å². The van der Waals surface area contributed by atoms with E-state index in [9.17, 15) is 4.79 Å². The summed E-state index contributed by atoms with van der Waals surface area (Å²) in [5.74, 6) is -0.0624. The molecule has 0 bridgehead atoms. The summed E-state index contributed by atoms with van der Waals surface area (Å²) in [6.07, 6.45) is 1.48. The Labute approximate surface area is 162 Å². The highest BCUT2D eigenvalue weighted by atomic mass is 16.2. The van der Waals surface area contributed by atoms with Gasteiger partial charge in [-0.1, -0.05) is 54.6 Å². The van der Waals surface area contributed by atoms with E-state index >= 15 is 0 Å². The predicted molar refractivity (Wildman–Crippen MR) is 108 cm³/mol. The fraction of sp³-hybridized carbons (Fsp3) is 0.0909. The van der Waals surface area contributed by atoms with Gasteiger partial charge in [-0.05, 0) is 29.8 Å². The number of nitrogens with zero attached hydrogens (tertiary/aromatic N) is 3. The lowest BCUT2D eigenvalue weighted by molar-refractivity contribution is 0.0519. The molecule has 2 N–H and O–H groups in total. The Balaban J connectivity index is 1.48. The van der Waals surface area contributed by atoms with Crippen molar-refractivity contribution in [3.8, 4) is 0 Å². The van der Waals surface area contributed by atoms with Gasteiger partial charge >= 0.3 is 0 Å². The minimum absolute atomic E-state index is 0.0624. The molecule has 3 aromatic carbocycles. The van der Waals surface area contributed by atoms with Crippen LogP contribution in [0.3, 0.4) is 0 Å². The molecule has 1 amide bonds. The molecule has 1 aliphatic heterocycles. The van der Waals surface area contributed by atoms with Crippen molar-refractivity contribution in [2.24, 2.45) is 0 Å². The molecule has 0 fully saturated rings. The first kappa shape index (κ1) is 16.5. The van der Waals surface area contributed by atoms with Crippen LogP contribution in [0.2, 0.25) is 0 Å². The van der Waals surface area contributed by atoms with Crippen LogP contribution in [0.1, 0.15) is 22.1 Å². The molecule has 1 aliphatic rings. The molecule has 1 atom stereocenters. The number of hydrogen-bond donors (Lipinski definition) is 2. The number of amides is 1. The second-order valence-electron chi connectivity index (χ2n) is 6.70. The van der Waals surface area contributed by atoms with Crippen LogP contribution in [-0.4, -0.2) is 20.5 Å². The fourth-order valence-corrected chi connectivity index (χ4v) is 3.57. The van der Waals surface area contributed by atoms with Gasteiger partial charge in [0, 0.05) is 5.69 Å². The van der Waals surface area contributed by atoms with Gasteiger partial charge in [0.25, 0.3) is 5.91 Å². The summed E-state index contributed by atoms with van der Waals surface area (Å²) >= 11 is 0. The van der Waals surface area contributed by atoms with E-state index in [2.05, 4.69) is 15.7 Å². The smallest absolute Gasteiger partial charge is 0.272 e. The van der Waals surface area contributed by atoms with Crippen LogP contribution in [0.15, 0.2) is 85.2 Å². The first-order chi connectivity index (χ1) is 13.8. The monoisotopic (exact) mass is 369 g/mol. The van der Waals surface area contributed by atoms with E-state index in [1.165, 1.54) is 0 Å². The van der Waals surface area contributed by atoms with Gasteiger partial charge in [0.05, 0.1) is 29.6 Å². The maximum absolute atomic E-state index is 13.2. The summed E-state index contributed by atoms with van der Waals surface area (Å²) < 4.78 is 1.99. The number of anilines is 1. The average molecular weight is 369 g/mol. The zero-order valence-corrected chi connectivity index (χ0v) is 15.1. The molecule has 0 saturated heterocycles. The molecule has 0 aliphatic carbocycles. The number of aromatic nitrogens is 2. The Morgan fingerprint density at radius 2 is 1.68 bits per heavy atom. The van der Waals surface area contributed by atoms with Crippen molar-refractivity contribution in [2.45, 2.75) is 12.8 Å². The summed E-state index contributed by atoms with van der Waals surface area (Å²) in [5.41, 5.74) is 7.74. The third-order valence-electron chi connectivity index (χ3n) is 4.98. The second-order valence-corrected chi connectivity index (χ2v) is 6.70. The zero-order valence-electron chi connectivity index (χ0n) is 15.1. The predicted octanol–water partition coefficient (Wildman–Crippen LogP) is 3.77. The number of rotatable bonds is 4.